The van der Waals surface area contributed by atoms with Crippen LogP contribution in [0.5, 0.6) is 0 Å². The van der Waals surface area contributed by atoms with Gasteiger partial charge in [0, 0.05) is 12.1 Å². The Labute approximate surface area is 182 Å². The molecule has 0 radical (unpaired) electrons. The number of nitrogens with one attached hydrogen (secondary N) is 1. The van der Waals surface area contributed by atoms with Crippen LogP contribution in [-0.4, -0.2) is 37.2 Å². The van der Waals surface area contributed by atoms with Crippen LogP contribution >= 0.6 is 24.8 Å². The molecule has 0 unspecified atom stereocenters. The molecule has 1 fully saturated rings. The first kappa shape index (κ1) is 23.2. The number of hydrogen-bond acceptors (Lipinski definition) is 4. The Kier molecular flexibility index (Phi) is 8.49. The molecule has 4 rings (SSSR count). The highest BCUT2D eigenvalue weighted by molar-refractivity contribution is 5.85. The molecule has 7 nitrogen and oxygen atoms in total. The summed E-state index contributed by atoms with van der Waals surface area (Å²) in [5, 5.41) is 12.5. The third kappa shape index (κ3) is 5.50. The minimum Gasteiger partial charge on any atom is -0.317 e. The number of aromatic nitrogens is 5. The fourth-order valence-corrected chi connectivity index (χ4v) is 3.69. The van der Waals surface area contributed by atoms with Gasteiger partial charge in [-0.15, -0.1) is 24.8 Å². The highest BCUT2D eigenvalue weighted by atomic mass is 35.5. The van der Waals surface area contributed by atoms with Crippen LogP contribution < -0.4 is 11.0 Å². The molecule has 2 aromatic heterocycles. The molecule has 0 saturated carbocycles. The molecule has 0 aliphatic carbocycles. The van der Waals surface area contributed by atoms with Gasteiger partial charge in [0.05, 0.1) is 25.3 Å². The van der Waals surface area contributed by atoms with Crippen LogP contribution in [0.25, 0.3) is 0 Å². The number of aryl methyl sites for hydroxylation is 3. The van der Waals surface area contributed by atoms with E-state index in [9.17, 15) is 4.79 Å². The average Bonchev–Trinajstić information content (AvgIpc) is 3.25. The van der Waals surface area contributed by atoms with Gasteiger partial charge < -0.3 is 5.32 Å². The summed E-state index contributed by atoms with van der Waals surface area (Å²) in [6.07, 6.45) is 3.97. The Morgan fingerprint density at radius 3 is 2.41 bits per heavy atom. The number of piperidine rings is 1. The minimum absolute atomic E-state index is 0. The lowest BCUT2D eigenvalue weighted by atomic mass is 9.97. The smallest absolute Gasteiger partial charge is 0.317 e. The van der Waals surface area contributed by atoms with E-state index in [-0.39, 0.29) is 30.5 Å². The van der Waals surface area contributed by atoms with E-state index in [1.165, 1.54) is 0 Å². The van der Waals surface area contributed by atoms with Crippen molar-refractivity contribution in [2.75, 3.05) is 13.1 Å². The molecule has 3 heterocycles. The molecule has 9 heteroatoms. The van der Waals surface area contributed by atoms with Gasteiger partial charge in [-0.05, 0) is 44.5 Å². The van der Waals surface area contributed by atoms with Crippen LogP contribution in [-0.2, 0) is 19.6 Å². The van der Waals surface area contributed by atoms with Gasteiger partial charge in [0.25, 0.3) is 0 Å². The van der Waals surface area contributed by atoms with Crippen molar-refractivity contribution in [1.29, 1.82) is 0 Å². The van der Waals surface area contributed by atoms with Crippen LogP contribution in [0.15, 0.2) is 47.4 Å². The molecule has 158 valence electrons. The van der Waals surface area contributed by atoms with E-state index >= 15 is 0 Å². The van der Waals surface area contributed by atoms with E-state index in [1.54, 1.807) is 4.68 Å². The van der Waals surface area contributed by atoms with E-state index in [0.717, 1.165) is 43.0 Å². The number of hydrogen-bond donors (Lipinski definition) is 1. The summed E-state index contributed by atoms with van der Waals surface area (Å²) in [5.41, 5.74) is 2.07. The van der Waals surface area contributed by atoms with E-state index in [1.807, 2.05) is 46.6 Å². The molecule has 1 aliphatic rings. The fourth-order valence-electron chi connectivity index (χ4n) is 3.69. The van der Waals surface area contributed by atoms with Gasteiger partial charge in [-0.2, -0.15) is 10.2 Å². The number of benzene rings is 1. The summed E-state index contributed by atoms with van der Waals surface area (Å²) in [4.78, 5) is 13.1. The van der Waals surface area contributed by atoms with Gasteiger partial charge in [0.2, 0.25) is 0 Å². The molecular formula is C20H28Cl2N6O. The van der Waals surface area contributed by atoms with Crippen LogP contribution in [0.3, 0.4) is 0 Å². The van der Waals surface area contributed by atoms with Crippen molar-refractivity contribution in [3.05, 3.63) is 70.2 Å². The molecule has 1 N–H and O–H groups in total. The summed E-state index contributed by atoms with van der Waals surface area (Å²) < 4.78 is 5.33. The minimum atomic E-state index is -0.0312. The Bertz CT molecular complexity index is 944. The Hall–Kier alpha value is -2.09. The zero-order valence-electron chi connectivity index (χ0n) is 16.5. The van der Waals surface area contributed by atoms with E-state index in [0.29, 0.717) is 25.6 Å². The Morgan fingerprint density at radius 2 is 1.76 bits per heavy atom. The van der Waals surface area contributed by atoms with Crippen LogP contribution in [0.4, 0.5) is 0 Å². The number of halogens is 2. The predicted molar refractivity (Wildman–Crippen MR) is 118 cm³/mol. The summed E-state index contributed by atoms with van der Waals surface area (Å²) in [7, 11) is 0. The molecule has 0 amide bonds. The van der Waals surface area contributed by atoms with Crippen molar-refractivity contribution in [2.45, 2.75) is 45.3 Å². The highest BCUT2D eigenvalue weighted by Gasteiger charge is 2.24. The second-order valence-electron chi connectivity index (χ2n) is 7.18. The standard InChI is InChI=1S/C20H26N6O.2ClH/c1-16-9-12-24(22-16)13-14-26-20(27)25(15-17-5-3-2-4-6-17)19(23-26)18-7-10-21-11-8-18;;/h2-6,9,12,18,21H,7-8,10-11,13-15H2,1H3;2*1H. The Balaban J connectivity index is 0.00000150. The van der Waals surface area contributed by atoms with Crippen LogP contribution in [0.1, 0.15) is 35.8 Å². The summed E-state index contributed by atoms with van der Waals surface area (Å²) in [5.74, 6) is 1.25. The van der Waals surface area contributed by atoms with Gasteiger partial charge in [-0.3, -0.25) is 9.25 Å². The third-order valence-corrected chi connectivity index (χ3v) is 5.15. The van der Waals surface area contributed by atoms with Gasteiger partial charge in [-0.1, -0.05) is 30.3 Å². The first-order chi connectivity index (χ1) is 13.2. The second-order valence-corrected chi connectivity index (χ2v) is 7.18. The quantitative estimate of drug-likeness (QED) is 0.641. The fraction of sp³-hybridized carbons (Fsp3) is 0.450. The summed E-state index contributed by atoms with van der Waals surface area (Å²) >= 11 is 0. The summed E-state index contributed by atoms with van der Waals surface area (Å²) in [6, 6.07) is 12.1. The normalized spacial score (nSPS) is 14.2. The van der Waals surface area contributed by atoms with E-state index in [2.05, 4.69) is 22.5 Å². The number of nitrogens with zero attached hydrogens (tertiary/aromatic N) is 5. The monoisotopic (exact) mass is 438 g/mol. The zero-order valence-corrected chi connectivity index (χ0v) is 18.2. The molecule has 3 aromatic rings. The lowest BCUT2D eigenvalue weighted by molar-refractivity contribution is 0.428. The maximum absolute atomic E-state index is 13.1. The van der Waals surface area contributed by atoms with Gasteiger partial charge in [-0.25, -0.2) is 9.48 Å². The maximum atomic E-state index is 13.1. The first-order valence-corrected chi connectivity index (χ1v) is 9.63. The molecule has 1 saturated heterocycles. The van der Waals surface area contributed by atoms with Crippen molar-refractivity contribution in [3.8, 4) is 0 Å². The van der Waals surface area contributed by atoms with E-state index < -0.39 is 0 Å². The first-order valence-electron chi connectivity index (χ1n) is 9.63. The largest absolute Gasteiger partial charge is 0.346 e. The zero-order chi connectivity index (χ0) is 18.6. The predicted octanol–water partition coefficient (Wildman–Crippen LogP) is 2.61. The second kappa shape index (κ2) is 10.6. The maximum Gasteiger partial charge on any atom is 0.346 e. The molecule has 0 atom stereocenters. The van der Waals surface area contributed by atoms with Gasteiger partial charge >= 0.3 is 5.69 Å². The van der Waals surface area contributed by atoms with Crippen molar-refractivity contribution in [3.63, 3.8) is 0 Å². The van der Waals surface area contributed by atoms with Crippen LogP contribution in [0.2, 0.25) is 0 Å². The SMILES string of the molecule is Cc1ccn(CCn2nc(C3CCNCC3)n(Cc3ccccc3)c2=O)n1.Cl.Cl. The molecule has 1 aromatic carbocycles. The lowest BCUT2D eigenvalue weighted by Gasteiger charge is -2.22. The van der Waals surface area contributed by atoms with E-state index in [4.69, 9.17) is 5.10 Å². The van der Waals surface area contributed by atoms with Crippen molar-refractivity contribution >= 4 is 24.8 Å². The topological polar surface area (TPSA) is 69.7 Å². The average molecular weight is 439 g/mol. The molecule has 29 heavy (non-hydrogen) atoms. The van der Waals surface area contributed by atoms with Crippen molar-refractivity contribution < 1.29 is 0 Å². The highest BCUT2D eigenvalue weighted by Crippen LogP contribution is 2.23. The lowest BCUT2D eigenvalue weighted by Crippen LogP contribution is -2.30. The summed E-state index contributed by atoms with van der Waals surface area (Å²) in [6.45, 7) is 5.65. The van der Waals surface area contributed by atoms with Crippen molar-refractivity contribution in [1.82, 2.24) is 29.4 Å². The van der Waals surface area contributed by atoms with Gasteiger partial charge in [0.1, 0.15) is 5.82 Å². The van der Waals surface area contributed by atoms with Crippen LogP contribution in [0, 0.1) is 6.92 Å². The molecule has 0 spiro atoms. The third-order valence-electron chi connectivity index (χ3n) is 5.15. The Morgan fingerprint density at radius 1 is 1.03 bits per heavy atom. The molecule has 1 aliphatic heterocycles. The van der Waals surface area contributed by atoms with Crippen molar-refractivity contribution in [2.24, 2.45) is 0 Å². The van der Waals surface area contributed by atoms with Gasteiger partial charge in [0.15, 0.2) is 0 Å². The molecular weight excluding hydrogens is 411 g/mol. The molecule has 0 bridgehead atoms. The number of rotatable bonds is 6.